The quantitative estimate of drug-likeness (QED) is 0.472. The lowest BCUT2D eigenvalue weighted by atomic mass is 9.99. The molecule has 102 valence electrons. The number of halogens is 1. The van der Waals surface area contributed by atoms with Crippen LogP contribution in [0.25, 0.3) is 0 Å². The van der Waals surface area contributed by atoms with Crippen LogP contribution in [-0.4, -0.2) is 31.1 Å². The Morgan fingerprint density at radius 2 is 1.95 bits per heavy atom. The Hall–Kier alpha value is -1.27. The van der Waals surface area contributed by atoms with E-state index in [4.69, 9.17) is 21.1 Å². The van der Waals surface area contributed by atoms with Crippen molar-refractivity contribution in [3.8, 4) is 0 Å². The van der Waals surface area contributed by atoms with E-state index in [2.05, 4.69) is 4.98 Å². The van der Waals surface area contributed by atoms with E-state index in [0.29, 0.717) is 11.4 Å². The number of carbonyl (C=O) groups excluding carboxylic acids is 2. The Bertz CT molecular complexity index is 545. The molecule has 0 bridgehead atoms. The molecule has 0 amide bonds. The molecule has 0 saturated carbocycles. The molecule has 0 N–H and O–H groups in total. The summed E-state index contributed by atoms with van der Waals surface area (Å²) in [6.07, 6.45) is 0. The number of ether oxygens (including phenoxy) is 2. The van der Waals surface area contributed by atoms with Gasteiger partial charge in [-0.3, -0.25) is 0 Å². The van der Waals surface area contributed by atoms with Gasteiger partial charge in [0.05, 0.1) is 19.9 Å². The number of hydrogen-bond donors (Lipinski definition) is 0. The van der Waals surface area contributed by atoms with Crippen molar-refractivity contribution in [1.82, 2.24) is 4.98 Å². The summed E-state index contributed by atoms with van der Waals surface area (Å²) in [5.41, 5.74) is 1.90. The maximum absolute atomic E-state index is 12.1. The van der Waals surface area contributed by atoms with E-state index in [1.54, 1.807) is 0 Å². The topological polar surface area (TPSA) is 65.5 Å². The SMILES string of the molecule is COC(=O)C1(C(=O)OC)SCc2cc(C)c(Cl)nc21. The average molecular weight is 302 g/mol. The van der Waals surface area contributed by atoms with E-state index in [1.165, 1.54) is 14.2 Å². The summed E-state index contributed by atoms with van der Waals surface area (Å²) < 4.78 is 7.91. The van der Waals surface area contributed by atoms with Gasteiger partial charge in [0.15, 0.2) is 0 Å². The molecule has 1 aliphatic rings. The molecule has 0 spiro atoms. The lowest BCUT2D eigenvalue weighted by molar-refractivity contribution is -0.156. The van der Waals surface area contributed by atoms with Gasteiger partial charge in [0.2, 0.25) is 0 Å². The Morgan fingerprint density at radius 3 is 2.47 bits per heavy atom. The number of rotatable bonds is 2. The lowest BCUT2D eigenvalue weighted by Crippen LogP contribution is -2.41. The zero-order chi connectivity index (χ0) is 14.2. The summed E-state index contributed by atoms with van der Waals surface area (Å²) >= 11 is 7.12. The number of pyridine rings is 1. The van der Waals surface area contributed by atoms with Crippen molar-refractivity contribution < 1.29 is 19.1 Å². The summed E-state index contributed by atoms with van der Waals surface area (Å²) in [6, 6.07) is 1.82. The molecule has 5 nitrogen and oxygen atoms in total. The van der Waals surface area contributed by atoms with Crippen LogP contribution in [0.1, 0.15) is 16.8 Å². The highest BCUT2D eigenvalue weighted by Crippen LogP contribution is 2.48. The highest BCUT2D eigenvalue weighted by Gasteiger charge is 2.56. The number of aryl methyl sites for hydroxylation is 1. The molecular weight excluding hydrogens is 290 g/mol. The first kappa shape index (κ1) is 14.1. The summed E-state index contributed by atoms with van der Waals surface area (Å²) in [5.74, 6) is -0.920. The number of fused-ring (bicyclic) bond motifs is 1. The second kappa shape index (κ2) is 5.02. The predicted octanol–water partition coefficient (Wildman–Crippen LogP) is 1.83. The fraction of sp³-hybridized carbons (Fsp3) is 0.417. The van der Waals surface area contributed by atoms with E-state index >= 15 is 0 Å². The first-order chi connectivity index (χ1) is 8.97. The van der Waals surface area contributed by atoms with Gasteiger partial charge in [-0.1, -0.05) is 17.7 Å². The number of aromatic nitrogens is 1. The van der Waals surface area contributed by atoms with Gasteiger partial charge < -0.3 is 9.47 Å². The number of esters is 2. The van der Waals surface area contributed by atoms with Crippen molar-refractivity contribution >= 4 is 35.3 Å². The minimum absolute atomic E-state index is 0.262. The molecule has 1 aromatic heterocycles. The Labute approximate surface area is 119 Å². The first-order valence-electron chi connectivity index (χ1n) is 5.44. The molecule has 7 heteroatoms. The van der Waals surface area contributed by atoms with Gasteiger partial charge in [0, 0.05) is 5.75 Å². The van der Waals surface area contributed by atoms with E-state index in [-0.39, 0.29) is 5.15 Å². The second-order valence-electron chi connectivity index (χ2n) is 4.06. The first-order valence-corrected chi connectivity index (χ1v) is 6.81. The molecule has 0 aromatic carbocycles. The third-order valence-corrected chi connectivity index (χ3v) is 4.75. The minimum Gasteiger partial charge on any atom is -0.467 e. The van der Waals surface area contributed by atoms with Gasteiger partial charge >= 0.3 is 11.9 Å². The molecule has 0 saturated heterocycles. The summed E-state index contributed by atoms with van der Waals surface area (Å²) in [4.78, 5) is 28.3. The van der Waals surface area contributed by atoms with Gasteiger partial charge in [0.1, 0.15) is 5.15 Å². The fourth-order valence-corrected chi connectivity index (χ4v) is 3.45. The number of thioether (sulfide) groups is 1. The van der Waals surface area contributed by atoms with Crippen molar-refractivity contribution in [2.45, 2.75) is 17.4 Å². The van der Waals surface area contributed by atoms with E-state index in [1.807, 2.05) is 13.0 Å². The van der Waals surface area contributed by atoms with Crippen molar-refractivity contribution in [3.05, 3.63) is 28.0 Å². The molecule has 0 fully saturated rings. The molecule has 0 radical (unpaired) electrons. The smallest absolute Gasteiger partial charge is 0.339 e. The lowest BCUT2D eigenvalue weighted by Gasteiger charge is -2.22. The van der Waals surface area contributed by atoms with Crippen LogP contribution in [0.2, 0.25) is 5.15 Å². The van der Waals surface area contributed by atoms with Gasteiger partial charge in [-0.05, 0) is 18.1 Å². The maximum Gasteiger partial charge on any atom is 0.339 e. The van der Waals surface area contributed by atoms with Gasteiger partial charge in [-0.2, -0.15) is 0 Å². The molecule has 0 atom stereocenters. The third-order valence-electron chi connectivity index (χ3n) is 2.95. The molecule has 2 heterocycles. The van der Waals surface area contributed by atoms with Crippen molar-refractivity contribution in [2.75, 3.05) is 14.2 Å². The van der Waals surface area contributed by atoms with Crippen molar-refractivity contribution in [2.24, 2.45) is 0 Å². The van der Waals surface area contributed by atoms with Gasteiger partial charge in [-0.25, -0.2) is 14.6 Å². The zero-order valence-corrected chi connectivity index (χ0v) is 12.2. The molecule has 0 unspecified atom stereocenters. The molecule has 1 aliphatic heterocycles. The molecule has 1 aromatic rings. The number of hydrogen-bond acceptors (Lipinski definition) is 6. The van der Waals surface area contributed by atoms with E-state index in [9.17, 15) is 9.59 Å². The Morgan fingerprint density at radius 1 is 1.37 bits per heavy atom. The largest absolute Gasteiger partial charge is 0.467 e. The zero-order valence-electron chi connectivity index (χ0n) is 10.7. The van der Waals surface area contributed by atoms with Crippen LogP contribution in [0.3, 0.4) is 0 Å². The highest BCUT2D eigenvalue weighted by molar-refractivity contribution is 8.01. The standard InChI is InChI=1S/C12H12ClNO4S/c1-6-4-7-5-19-12(10(15)17-2,11(16)18-3)8(7)14-9(6)13/h4H,5H2,1-3H3. The monoisotopic (exact) mass is 301 g/mol. The van der Waals surface area contributed by atoms with Crippen LogP contribution < -0.4 is 0 Å². The van der Waals surface area contributed by atoms with E-state index in [0.717, 1.165) is 22.9 Å². The Balaban J connectivity index is 2.66. The normalized spacial score (nSPS) is 15.8. The number of carbonyl (C=O) groups is 2. The summed E-state index contributed by atoms with van der Waals surface area (Å²) in [5, 5.41) is 0.262. The molecule has 2 rings (SSSR count). The second-order valence-corrected chi connectivity index (χ2v) is 5.60. The summed E-state index contributed by atoms with van der Waals surface area (Å²) in [6.45, 7) is 1.82. The average Bonchev–Trinajstić information content (AvgIpc) is 2.77. The van der Waals surface area contributed by atoms with Gasteiger partial charge in [-0.15, -0.1) is 11.8 Å². The number of nitrogens with zero attached hydrogens (tertiary/aromatic N) is 1. The van der Waals surface area contributed by atoms with Crippen molar-refractivity contribution in [3.63, 3.8) is 0 Å². The predicted molar refractivity (Wildman–Crippen MR) is 71.0 cm³/mol. The molecule has 0 aliphatic carbocycles. The van der Waals surface area contributed by atoms with Crippen LogP contribution in [0, 0.1) is 6.92 Å². The fourth-order valence-electron chi connectivity index (χ4n) is 2.00. The van der Waals surface area contributed by atoms with Crippen LogP contribution in [-0.2, 0) is 29.6 Å². The molecule has 19 heavy (non-hydrogen) atoms. The van der Waals surface area contributed by atoms with Crippen LogP contribution >= 0.6 is 23.4 Å². The van der Waals surface area contributed by atoms with Gasteiger partial charge in [0.25, 0.3) is 4.75 Å². The third kappa shape index (κ3) is 1.99. The summed E-state index contributed by atoms with van der Waals surface area (Å²) in [7, 11) is 2.45. The minimum atomic E-state index is -1.57. The van der Waals surface area contributed by atoms with Crippen LogP contribution in [0.15, 0.2) is 6.07 Å². The molecular formula is C12H12ClNO4S. The highest BCUT2D eigenvalue weighted by atomic mass is 35.5. The van der Waals surface area contributed by atoms with Crippen LogP contribution in [0.5, 0.6) is 0 Å². The van der Waals surface area contributed by atoms with E-state index < -0.39 is 16.7 Å². The number of methoxy groups -OCH3 is 2. The Kier molecular flexibility index (Phi) is 3.73. The van der Waals surface area contributed by atoms with Crippen molar-refractivity contribution in [1.29, 1.82) is 0 Å². The maximum atomic E-state index is 12.1. The van der Waals surface area contributed by atoms with Crippen LogP contribution in [0.4, 0.5) is 0 Å².